The summed E-state index contributed by atoms with van der Waals surface area (Å²) in [6, 6.07) is 6.83. The topological polar surface area (TPSA) is 118 Å². The Hall–Kier alpha value is -2.77. The van der Waals surface area contributed by atoms with Crippen LogP contribution in [0.5, 0.6) is 5.75 Å². The molecule has 6 heteroatoms. The fraction of sp³-hybridized carbons (Fsp3) is 0.595. The van der Waals surface area contributed by atoms with E-state index in [-0.39, 0.29) is 48.9 Å². The number of Topliss-reactive ketones (excluding diaryl/α,β-unsaturated/α-hetero) is 1. The average molecular weight is 661 g/mol. The van der Waals surface area contributed by atoms with E-state index in [9.17, 15) is 30.3 Å². The number of aliphatic hydroxyl groups excluding tert-OH is 3. The van der Waals surface area contributed by atoms with Crippen molar-refractivity contribution in [1.29, 1.82) is 0 Å². The fourth-order valence-electron chi connectivity index (χ4n) is 9.12. The van der Waals surface area contributed by atoms with Crippen LogP contribution in [0.2, 0.25) is 0 Å². The Morgan fingerprint density at radius 1 is 1.04 bits per heavy atom. The SMILES string of the molecule is C=C(C=CC=C(CO)[C@@H]1CC[C@@]2([C@H](CCCO)C(=C(C(=O)Cc3ccc(O)cc3)C3CCCCC3)CC[C@@]2(C)O)[C@@H]1O)CCC=C(C)C. The molecule has 1 spiro atoms. The molecule has 0 aliphatic heterocycles. The second kappa shape index (κ2) is 17.2. The van der Waals surface area contributed by atoms with E-state index in [0.717, 1.165) is 72.8 Å². The van der Waals surface area contributed by atoms with Crippen molar-refractivity contribution in [2.24, 2.45) is 23.2 Å². The van der Waals surface area contributed by atoms with E-state index >= 15 is 0 Å². The normalized spacial score (nSPS) is 29.4. The zero-order valence-electron chi connectivity index (χ0n) is 29.6. The molecule has 6 nitrogen and oxygen atoms in total. The van der Waals surface area contributed by atoms with Gasteiger partial charge in [-0.15, -0.1) is 0 Å². The van der Waals surface area contributed by atoms with E-state index in [1.807, 2.05) is 25.2 Å². The first-order valence-electron chi connectivity index (χ1n) is 18.3. The lowest BCUT2D eigenvalue weighted by Crippen LogP contribution is -2.59. The summed E-state index contributed by atoms with van der Waals surface area (Å²) >= 11 is 0. The number of aromatic hydroxyl groups is 1. The molecule has 0 radical (unpaired) electrons. The van der Waals surface area contributed by atoms with E-state index in [0.29, 0.717) is 38.5 Å². The minimum Gasteiger partial charge on any atom is -0.508 e. The number of ketones is 1. The van der Waals surface area contributed by atoms with Crippen molar-refractivity contribution >= 4 is 5.78 Å². The zero-order valence-corrected chi connectivity index (χ0v) is 29.6. The lowest BCUT2D eigenvalue weighted by atomic mass is 9.52. The Labute approximate surface area is 288 Å². The first-order chi connectivity index (χ1) is 22.9. The maximum Gasteiger partial charge on any atom is 0.163 e. The summed E-state index contributed by atoms with van der Waals surface area (Å²) in [5, 5.41) is 55.0. The predicted molar refractivity (Wildman–Crippen MR) is 193 cm³/mol. The van der Waals surface area contributed by atoms with Crippen LogP contribution in [0.4, 0.5) is 0 Å². The summed E-state index contributed by atoms with van der Waals surface area (Å²) in [4.78, 5) is 14.4. The number of carbonyl (C=O) groups is 1. The predicted octanol–water partition coefficient (Wildman–Crippen LogP) is 7.85. The number of allylic oxidation sites excluding steroid dienone is 8. The van der Waals surface area contributed by atoms with Gasteiger partial charge in [-0.2, -0.15) is 0 Å². The van der Waals surface area contributed by atoms with Crippen LogP contribution >= 0.6 is 0 Å². The maximum absolute atomic E-state index is 14.4. The number of phenols is 1. The van der Waals surface area contributed by atoms with Crippen molar-refractivity contribution in [3.8, 4) is 5.75 Å². The van der Waals surface area contributed by atoms with E-state index in [1.54, 1.807) is 24.3 Å². The highest BCUT2D eigenvalue weighted by Crippen LogP contribution is 2.63. The van der Waals surface area contributed by atoms with Crippen molar-refractivity contribution in [2.75, 3.05) is 13.2 Å². The molecule has 3 fully saturated rings. The Kier molecular flexibility index (Phi) is 13.7. The zero-order chi connectivity index (χ0) is 34.9. The van der Waals surface area contributed by atoms with Crippen LogP contribution in [0.1, 0.15) is 110 Å². The molecular formula is C42H60O6. The second-order valence-corrected chi connectivity index (χ2v) is 15.1. The highest BCUT2D eigenvalue weighted by atomic mass is 16.3. The van der Waals surface area contributed by atoms with Crippen molar-refractivity contribution in [1.82, 2.24) is 0 Å². The van der Waals surface area contributed by atoms with Gasteiger partial charge in [-0.25, -0.2) is 0 Å². The molecular weight excluding hydrogens is 600 g/mol. The molecule has 1 aromatic carbocycles. The van der Waals surface area contributed by atoms with E-state index in [2.05, 4.69) is 26.5 Å². The molecule has 0 saturated heterocycles. The molecule has 264 valence electrons. The first kappa shape index (κ1) is 38.0. The standard InChI is InChI=1S/C42H60O6/c1-29(2)11-8-12-30(3)13-9-16-33(28-44)35-23-25-42(40(35)47)37(17-10-26-43)36(22-24-41(42,4)48)39(32-14-6-5-7-15-32)38(46)27-31-18-20-34(45)21-19-31/h9,11,13,16,18-21,32,35,37,40,43-45,47-48H,3,5-8,10,12,14-15,17,22-28H2,1-2,4H3/t35-,37+,40+,41+,42+/m0/s1. The van der Waals surface area contributed by atoms with Gasteiger partial charge in [0.1, 0.15) is 5.75 Å². The van der Waals surface area contributed by atoms with Crippen LogP contribution in [0.15, 0.2) is 83.0 Å². The Balaban J connectivity index is 1.73. The van der Waals surface area contributed by atoms with E-state index in [4.69, 9.17) is 0 Å². The molecule has 0 aromatic heterocycles. The molecule has 3 aliphatic carbocycles. The van der Waals surface area contributed by atoms with Gasteiger partial charge in [0.25, 0.3) is 0 Å². The third kappa shape index (κ3) is 8.68. The summed E-state index contributed by atoms with van der Waals surface area (Å²) in [6.45, 7) is 9.97. The quantitative estimate of drug-likeness (QED) is 0.0788. The number of hydrogen-bond acceptors (Lipinski definition) is 6. The summed E-state index contributed by atoms with van der Waals surface area (Å²) < 4.78 is 0. The molecule has 0 heterocycles. The number of rotatable bonds is 14. The largest absolute Gasteiger partial charge is 0.508 e. The van der Waals surface area contributed by atoms with Crippen molar-refractivity contribution in [2.45, 2.75) is 122 Å². The molecule has 0 bridgehead atoms. The van der Waals surface area contributed by atoms with Crippen LogP contribution in [-0.2, 0) is 11.2 Å². The Morgan fingerprint density at radius 2 is 1.75 bits per heavy atom. The Bertz CT molecular complexity index is 1370. The lowest BCUT2D eigenvalue weighted by Gasteiger charge is -2.56. The molecule has 5 atom stereocenters. The van der Waals surface area contributed by atoms with Gasteiger partial charge in [-0.05, 0) is 126 Å². The highest BCUT2D eigenvalue weighted by molar-refractivity contribution is 5.98. The third-order valence-electron chi connectivity index (χ3n) is 11.6. The number of aliphatic hydroxyl groups is 4. The minimum atomic E-state index is -1.20. The lowest BCUT2D eigenvalue weighted by molar-refractivity contribution is -0.168. The summed E-state index contributed by atoms with van der Waals surface area (Å²) in [6.07, 6.45) is 17.5. The number of carbonyl (C=O) groups excluding carboxylic acids is 1. The second-order valence-electron chi connectivity index (χ2n) is 15.1. The number of phenolic OH excluding ortho intramolecular Hbond substituents is 1. The maximum atomic E-state index is 14.4. The minimum absolute atomic E-state index is 0.00810. The average Bonchev–Trinajstić information content (AvgIpc) is 3.40. The smallest absolute Gasteiger partial charge is 0.163 e. The van der Waals surface area contributed by atoms with Gasteiger partial charge in [0.2, 0.25) is 0 Å². The molecule has 5 N–H and O–H groups in total. The number of benzene rings is 1. The molecule has 1 aromatic rings. The van der Waals surface area contributed by atoms with Gasteiger partial charge >= 0.3 is 0 Å². The van der Waals surface area contributed by atoms with Gasteiger partial charge in [-0.3, -0.25) is 4.79 Å². The van der Waals surface area contributed by atoms with E-state index in [1.165, 1.54) is 5.57 Å². The fourth-order valence-corrected chi connectivity index (χ4v) is 9.12. The van der Waals surface area contributed by atoms with Gasteiger partial charge in [0.15, 0.2) is 5.78 Å². The van der Waals surface area contributed by atoms with Crippen LogP contribution in [0.3, 0.4) is 0 Å². The molecule has 48 heavy (non-hydrogen) atoms. The van der Waals surface area contributed by atoms with Gasteiger partial charge in [-0.1, -0.05) is 79.0 Å². The summed E-state index contributed by atoms with van der Waals surface area (Å²) in [7, 11) is 0. The van der Waals surface area contributed by atoms with Gasteiger partial charge in [0, 0.05) is 24.4 Å². The van der Waals surface area contributed by atoms with Gasteiger partial charge < -0.3 is 25.5 Å². The van der Waals surface area contributed by atoms with Crippen LogP contribution in [0, 0.1) is 23.2 Å². The molecule has 0 unspecified atom stereocenters. The first-order valence-corrected chi connectivity index (χ1v) is 18.3. The molecule has 4 rings (SSSR count). The molecule has 3 saturated carbocycles. The molecule has 3 aliphatic rings. The number of hydrogen-bond donors (Lipinski definition) is 5. The molecule has 0 amide bonds. The summed E-state index contributed by atoms with van der Waals surface area (Å²) in [5.74, 6) is -0.236. The van der Waals surface area contributed by atoms with Crippen molar-refractivity contribution in [3.05, 3.63) is 88.6 Å². The Morgan fingerprint density at radius 3 is 2.40 bits per heavy atom. The summed E-state index contributed by atoms with van der Waals surface area (Å²) in [5.41, 5.74) is 3.67. The van der Waals surface area contributed by atoms with Crippen molar-refractivity contribution in [3.63, 3.8) is 0 Å². The van der Waals surface area contributed by atoms with Gasteiger partial charge in [0.05, 0.1) is 18.3 Å². The van der Waals surface area contributed by atoms with Crippen LogP contribution < -0.4 is 0 Å². The van der Waals surface area contributed by atoms with Crippen molar-refractivity contribution < 1.29 is 30.3 Å². The van der Waals surface area contributed by atoms with Crippen LogP contribution in [0.25, 0.3) is 0 Å². The highest BCUT2D eigenvalue weighted by Gasteiger charge is 2.64. The third-order valence-corrected chi connectivity index (χ3v) is 11.6. The monoisotopic (exact) mass is 660 g/mol. The van der Waals surface area contributed by atoms with Crippen LogP contribution in [-0.4, -0.2) is 56.2 Å². The van der Waals surface area contributed by atoms with E-state index < -0.39 is 17.1 Å².